The van der Waals surface area contributed by atoms with Crippen molar-refractivity contribution in [2.45, 2.75) is 25.8 Å². The summed E-state index contributed by atoms with van der Waals surface area (Å²) in [6, 6.07) is 2.45. The van der Waals surface area contributed by atoms with Crippen LogP contribution in [0.15, 0.2) is 18.3 Å². The second-order valence-electron chi connectivity index (χ2n) is 4.64. The first-order valence-electron chi connectivity index (χ1n) is 6.31. The smallest absolute Gasteiger partial charge is 0.325 e. The minimum Gasteiger partial charge on any atom is -0.348 e. The summed E-state index contributed by atoms with van der Waals surface area (Å²) in [5.74, 6) is -0.553. The van der Waals surface area contributed by atoms with Gasteiger partial charge in [-0.05, 0) is 18.6 Å². The van der Waals surface area contributed by atoms with Gasteiger partial charge in [0.05, 0.1) is 12.2 Å². The Morgan fingerprint density at radius 3 is 2.74 bits per heavy atom. The van der Waals surface area contributed by atoms with Crippen molar-refractivity contribution in [3.05, 3.63) is 24.0 Å². The highest BCUT2D eigenvalue weighted by molar-refractivity contribution is 6.08. The normalized spacial score (nSPS) is 18.8. The van der Waals surface area contributed by atoms with E-state index in [1.807, 2.05) is 6.92 Å². The Labute approximate surface area is 111 Å². The maximum absolute atomic E-state index is 12.0. The lowest BCUT2D eigenvalue weighted by molar-refractivity contribution is -0.127. The van der Waals surface area contributed by atoms with Crippen LogP contribution in [-0.4, -0.2) is 39.8 Å². The molecule has 6 heteroatoms. The molecule has 102 valence electrons. The topological polar surface area (TPSA) is 71.4 Å². The summed E-state index contributed by atoms with van der Waals surface area (Å²) in [7, 11) is 1.75. The van der Waals surface area contributed by atoms with Gasteiger partial charge < -0.3 is 9.88 Å². The van der Waals surface area contributed by atoms with Gasteiger partial charge in [0.2, 0.25) is 0 Å². The molecule has 1 aliphatic rings. The fraction of sp³-hybridized carbons (Fsp3) is 0.462. The lowest BCUT2D eigenvalue weighted by Crippen LogP contribution is -2.36. The van der Waals surface area contributed by atoms with Crippen molar-refractivity contribution < 1.29 is 14.4 Å². The Morgan fingerprint density at radius 1 is 1.42 bits per heavy atom. The second kappa shape index (κ2) is 5.26. The number of rotatable bonds is 5. The van der Waals surface area contributed by atoms with Crippen LogP contribution in [0.25, 0.3) is 0 Å². The summed E-state index contributed by atoms with van der Waals surface area (Å²) in [4.78, 5) is 36.7. The Morgan fingerprint density at radius 2 is 2.16 bits per heavy atom. The second-order valence-corrected chi connectivity index (χ2v) is 4.64. The van der Waals surface area contributed by atoms with Crippen LogP contribution in [-0.2, 0) is 11.8 Å². The lowest BCUT2D eigenvalue weighted by atomic mass is 10.1. The van der Waals surface area contributed by atoms with Crippen LogP contribution in [0.1, 0.15) is 30.3 Å². The molecule has 1 N–H and O–H groups in total. The minimum absolute atomic E-state index is 0.206. The number of urea groups is 1. The number of carbonyl (C=O) groups is 3. The molecular weight excluding hydrogens is 246 g/mol. The van der Waals surface area contributed by atoms with Crippen molar-refractivity contribution in [1.29, 1.82) is 0 Å². The van der Waals surface area contributed by atoms with Gasteiger partial charge in [-0.25, -0.2) is 4.79 Å². The fourth-order valence-electron chi connectivity index (χ4n) is 2.19. The predicted octanol–water partition coefficient (Wildman–Crippen LogP) is 0.928. The highest BCUT2D eigenvalue weighted by Gasteiger charge is 2.38. The van der Waals surface area contributed by atoms with Gasteiger partial charge in [0, 0.05) is 13.2 Å². The van der Waals surface area contributed by atoms with Gasteiger partial charge in [-0.3, -0.25) is 14.5 Å². The van der Waals surface area contributed by atoms with Gasteiger partial charge in [0.25, 0.3) is 5.91 Å². The van der Waals surface area contributed by atoms with Crippen LogP contribution in [0.2, 0.25) is 0 Å². The van der Waals surface area contributed by atoms with Crippen LogP contribution in [0.5, 0.6) is 0 Å². The Hall–Kier alpha value is -2.11. The van der Waals surface area contributed by atoms with E-state index in [4.69, 9.17) is 0 Å². The van der Waals surface area contributed by atoms with E-state index in [0.717, 1.165) is 11.3 Å². The molecule has 0 saturated carbocycles. The summed E-state index contributed by atoms with van der Waals surface area (Å²) in [6.45, 7) is 1.74. The Balaban J connectivity index is 2.07. The fourth-order valence-corrected chi connectivity index (χ4v) is 2.19. The largest absolute Gasteiger partial charge is 0.348 e. The number of hydrogen-bond donors (Lipinski definition) is 1. The molecule has 1 atom stereocenters. The predicted molar refractivity (Wildman–Crippen MR) is 68.7 cm³/mol. The zero-order valence-electron chi connectivity index (χ0n) is 11.0. The first-order valence-corrected chi connectivity index (χ1v) is 6.31. The standard InChI is InChI=1S/C13H17N3O3/c1-3-5-9-12(18)16(13(19)14-9)8-11(17)10-6-4-7-15(10)2/h4,6-7,9H,3,5,8H2,1-2H3,(H,14,19). The van der Waals surface area contributed by atoms with Crippen molar-refractivity contribution in [3.63, 3.8) is 0 Å². The van der Waals surface area contributed by atoms with Gasteiger partial charge in [-0.1, -0.05) is 13.3 Å². The van der Waals surface area contributed by atoms with E-state index in [-0.39, 0.29) is 18.2 Å². The van der Waals surface area contributed by atoms with E-state index in [1.54, 1.807) is 29.9 Å². The highest BCUT2D eigenvalue weighted by atomic mass is 16.2. The van der Waals surface area contributed by atoms with Crippen LogP contribution in [0, 0.1) is 0 Å². The van der Waals surface area contributed by atoms with Crippen molar-refractivity contribution in [2.24, 2.45) is 7.05 Å². The highest BCUT2D eigenvalue weighted by Crippen LogP contribution is 2.12. The third kappa shape index (κ3) is 2.52. The summed E-state index contributed by atoms with van der Waals surface area (Å²) in [6.07, 6.45) is 3.15. The molecule has 0 radical (unpaired) electrons. The van der Waals surface area contributed by atoms with E-state index in [2.05, 4.69) is 5.32 Å². The maximum Gasteiger partial charge on any atom is 0.325 e. The number of carbonyl (C=O) groups excluding carboxylic acids is 3. The average molecular weight is 263 g/mol. The molecule has 0 bridgehead atoms. The summed E-state index contributed by atoms with van der Waals surface area (Å²) in [5, 5.41) is 2.60. The van der Waals surface area contributed by atoms with Crippen LogP contribution < -0.4 is 5.32 Å². The molecule has 1 aromatic heterocycles. The number of ketones is 1. The Bertz CT molecular complexity index is 521. The third-order valence-corrected chi connectivity index (χ3v) is 3.22. The molecule has 0 spiro atoms. The molecule has 1 unspecified atom stereocenters. The SMILES string of the molecule is CCCC1NC(=O)N(CC(=O)c2cccn2C)C1=O. The first-order chi connectivity index (χ1) is 9.04. The molecule has 0 aromatic carbocycles. The number of aryl methyl sites for hydroxylation is 1. The van der Waals surface area contributed by atoms with E-state index in [0.29, 0.717) is 12.1 Å². The number of nitrogens with zero attached hydrogens (tertiary/aromatic N) is 2. The number of amides is 3. The molecule has 19 heavy (non-hydrogen) atoms. The number of hydrogen-bond acceptors (Lipinski definition) is 3. The molecule has 1 saturated heterocycles. The van der Waals surface area contributed by atoms with Gasteiger partial charge >= 0.3 is 6.03 Å². The zero-order chi connectivity index (χ0) is 14.0. The number of imide groups is 1. The maximum atomic E-state index is 12.0. The molecule has 1 fully saturated rings. The van der Waals surface area contributed by atoms with Gasteiger partial charge in [-0.15, -0.1) is 0 Å². The molecule has 2 heterocycles. The lowest BCUT2D eigenvalue weighted by Gasteiger charge is -2.12. The third-order valence-electron chi connectivity index (χ3n) is 3.22. The van der Waals surface area contributed by atoms with Crippen molar-refractivity contribution in [1.82, 2.24) is 14.8 Å². The van der Waals surface area contributed by atoms with Crippen molar-refractivity contribution in [2.75, 3.05) is 6.54 Å². The van der Waals surface area contributed by atoms with Gasteiger partial charge in [0.15, 0.2) is 5.78 Å². The molecule has 3 amide bonds. The molecule has 1 aromatic rings. The van der Waals surface area contributed by atoms with Gasteiger partial charge in [0.1, 0.15) is 6.04 Å². The number of Topliss-reactive ketones (excluding diaryl/α,β-unsaturated/α-hetero) is 1. The minimum atomic E-state index is -0.487. The molecular formula is C13H17N3O3. The summed E-state index contributed by atoms with van der Waals surface area (Å²) >= 11 is 0. The van der Waals surface area contributed by atoms with E-state index < -0.39 is 12.1 Å². The van der Waals surface area contributed by atoms with E-state index in [9.17, 15) is 14.4 Å². The van der Waals surface area contributed by atoms with Crippen molar-refractivity contribution >= 4 is 17.7 Å². The summed E-state index contributed by atoms with van der Waals surface area (Å²) in [5.41, 5.74) is 0.486. The number of nitrogens with one attached hydrogen (secondary N) is 1. The molecule has 6 nitrogen and oxygen atoms in total. The monoisotopic (exact) mass is 263 g/mol. The Kier molecular flexibility index (Phi) is 3.69. The quantitative estimate of drug-likeness (QED) is 0.634. The van der Waals surface area contributed by atoms with Crippen molar-refractivity contribution in [3.8, 4) is 0 Å². The molecule has 1 aliphatic heterocycles. The summed E-state index contributed by atoms with van der Waals surface area (Å²) < 4.78 is 1.67. The number of aromatic nitrogens is 1. The van der Waals surface area contributed by atoms with E-state index >= 15 is 0 Å². The van der Waals surface area contributed by atoms with Crippen LogP contribution in [0.3, 0.4) is 0 Å². The van der Waals surface area contributed by atoms with Gasteiger partial charge in [-0.2, -0.15) is 0 Å². The van der Waals surface area contributed by atoms with Crippen LogP contribution >= 0.6 is 0 Å². The average Bonchev–Trinajstić information content (AvgIpc) is 2.89. The molecule has 0 aliphatic carbocycles. The first kappa shape index (κ1) is 13.3. The van der Waals surface area contributed by atoms with E-state index in [1.165, 1.54) is 0 Å². The zero-order valence-corrected chi connectivity index (χ0v) is 11.0. The van der Waals surface area contributed by atoms with Crippen LogP contribution in [0.4, 0.5) is 4.79 Å². The molecule has 2 rings (SSSR count).